The molecule has 2 rings (SSSR count). The summed E-state index contributed by atoms with van der Waals surface area (Å²) >= 11 is 0. The van der Waals surface area contributed by atoms with Crippen molar-refractivity contribution in [3.8, 4) is 0 Å². The van der Waals surface area contributed by atoms with Crippen LogP contribution in [0.15, 0.2) is 0 Å². The lowest BCUT2D eigenvalue weighted by Gasteiger charge is -2.39. The molecule has 0 radical (unpaired) electrons. The van der Waals surface area contributed by atoms with Crippen LogP contribution in [0.25, 0.3) is 0 Å². The summed E-state index contributed by atoms with van der Waals surface area (Å²) in [7, 11) is 6.59. The maximum Gasteiger partial charge on any atom is 0.0217 e. The molecule has 19 heavy (non-hydrogen) atoms. The Labute approximate surface area is 119 Å². The van der Waals surface area contributed by atoms with Gasteiger partial charge in [-0.15, -0.1) is 0 Å². The maximum absolute atomic E-state index is 3.59. The first-order valence-electron chi connectivity index (χ1n) is 8.00. The zero-order valence-electron chi connectivity index (χ0n) is 13.6. The lowest BCUT2D eigenvalue weighted by Crippen LogP contribution is -2.49. The highest BCUT2D eigenvalue weighted by Gasteiger charge is 2.41. The number of piperidine rings is 1. The van der Waals surface area contributed by atoms with E-state index in [1.54, 1.807) is 0 Å². The van der Waals surface area contributed by atoms with E-state index in [0.717, 1.165) is 12.0 Å². The summed E-state index contributed by atoms with van der Waals surface area (Å²) < 4.78 is 0. The van der Waals surface area contributed by atoms with Crippen LogP contribution < -0.4 is 5.32 Å². The molecule has 3 unspecified atom stereocenters. The van der Waals surface area contributed by atoms with Crippen LogP contribution in [0.3, 0.4) is 0 Å². The van der Waals surface area contributed by atoms with Crippen LogP contribution in [0.4, 0.5) is 0 Å². The van der Waals surface area contributed by atoms with E-state index in [1.165, 1.54) is 45.3 Å². The summed E-state index contributed by atoms with van der Waals surface area (Å²) in [5.74, 6) is 0.834. The van der Waals surface area contributed by atoms with Crippen molar-refractivity contribution < 1.29 is 0 Å². The van der Waals surface area contributed by atoms with Crippen molar-refractivity contribution in [2.75, 3.05) is 40.8 Å². The summed E-state index contributed by atoms with van der Waals surface area (Å²) in [4.78, 5) is 5.12. The van der Waals surface area contributed by atoms with E-state index in [1.807, 2.05) is 0 Å². The predicted molar refractivity (Wildman–Crippen MR) is 82.5 cm³/mol. The molecule has 0 aromatic rings. The van der Waals surface area contributed by atoms with Crippen LogP contribution in [0.2, 0.25) is 0 Å². The van der Waals surface area contributed by atoms with E-state index in [-0.39, 0.29) is 0 Å². The van der Waals surface area contributed by atoms with Gasteiger partial charge in [-0.2, -0.15) is 0 Å². The van der Waals surface area contributed by atoms with Crippen LogP contribution >= 0.6 is 0 Å². The smallest absolute Gasteiger partial charge is 0.0217 e. The highest BCUT2D eigenvalue weighted by molar-refractivity contribution is 4.97. The molecule has 1 heterocycles. The molecule has 0 bridgehead atoms. The normalized spacial score (nSPS) is 36.0. The second-order valence-corrected chi connectivity index (χ2v) is 7.57. The summed E-state index contributed by atoms with van der Waals surface area (Å²) in [6, 6.07) is 1.45. The van der Waals surface area contributed by atoms with Crippen molar-refractivity contribution in [3.63, 3.8) is 0 Å². The molecular formula is C16H33N3. The fourth-order valence-electron chi connectivity index (χ4n) is 4.29. The molecule has 1 aliphatic carbocycles. The van der Waals surface area contributed by atoms with Crippen molar-refractivity contribution in [2.24, 2.45) is 11.3 Å². The first kappa shape index (κ1) is 15.3. The van der Waals surface area contributed by atoms with Gasteiger partial charge in [0.25, 0.3) is 0 Å². The maximum atomic E-state index is 3.59. The fraction of sp³-hybridized carbons (Fsp3) is 1.00. The standard InChI is InChI=1S/C16H33N3/c1-16(2)9-8-13(15(16)17-3)11-19-10-6-7-14(12-19)18(4)5/h13-15,17H,6-12H2,1-5H3. The minimum atomic E-state index is 0.468. The van der Waals surface area contributed by atoms with Gasteiger partial charge in [0.2, 0.25) is 0 Å². The first-order valence-corrected chi connectivity index (χ1v) is 8.00. The monoisotopic (exact) mass is 267 g/mol. The largest absolute Gasteiger partial charge is 0.316 e. The second kappa shape index (κ2) is 6.11. The summed E-state index contributed by atoms with van der Waals surface area (Å²) in [5.41, 5.74) is 0.468. The third-order valence-electron chi connectivity index (χ3n) is 5.49. The van der Waals surface area contributed by atoms with E-state index in [0.29, 0.717) is 11.5 Å². The number of hydrogen-bond donors (Lipinski definition) is 1. The molecule has 1 N–H and O–H groups in total. The van der Waals surface area contributed by atoms with Gasteiger partial charge in [-0.05, 0) is 64.7 Å². The third-order valence-corrected chi connectivity index (χ3v) is 5.49. The molecular weight excluding hydrogens is 234 g/mol. The minimum Gasteiger partial charge on any atom is -0.316 e. The van der Waals surface area contributed by atoms with Gasteiger partial charge in [0.1, 0.15) is 0 Å². The molecule has 2 fully saturated rings. The van der Waals surface area contributed by atoms with Crippen molar-refractivity contribution in [2.45, 2.75) is 51.6 Å². The average Bonchev–Trinajstić information content (AvgIpc) is 2.64. The topological polar surface area (TPSA) is 18.5 Å². The summed E-state index contributed by atoms with van der Waals surface area (Å²) in [6.45, 7) is 8.71. The Morgan fingerprint density at radius 3 is 2.63 bits per heavy atom. The van der Waals surface area contributed by atoms with Gasteiger partial charge in [0.05, 0.1) is 0 Å². The van der Waals surface area contributed by atoms with E-state index in [2.05, 4.69) is 50.1 Å². The Kier molecular flexibility index (Phi) is 4.91. The Balaban J connectivity index is 1.90. The molecule has 1 saturated carbocycles. The summed E-state index contributed by atoms with van der Waals surface area (Å²) in [6.07, 6.45) is 5.49. The number of nitrogens with zero attached hydrogens (tertiary/aromatic N) is 2. The Hall–Kier alpha value is -0.120. The van der Waals surface area contributed by atoms with Crippen LogP contribution in [0.5, 0.6) is 0 Å². The number of likely N-dealkylation sites (N-methyl/N-ethyl adjacent to an activating group) is 1. The van der Waals surface area contributed by atoms with E-state index in [9.17, 15) is 0 Å². The third kappa shape index (κ3) is 3.50. The molecule has 1 saturated heterocycles. The average molecular weight is 267 g/mol. The van der Waals surface area contributed by atoms with Gasteiger partial charge in [0, 0.05) is 25.2 Å². The summed E-state index contributed by atoms with van der Waals surface area (Å²) in [5, 5.41) is 3.59. The molecule has 3 heteroatoms. The molecule has 1 aliphatic heterocycles. The zero-order valence-corrected chi connectivity index (χ0v) is 13.6. The molecule has 0 amide bonds. The fourth-order valence-corrected chi connectivity index (χ4v) is 4.29. The molecule has 0 spiro atoms. The predicted octanol–water partition coefficient (Wildman–Crippen LogP) is 2.04. The van der Waals surface area contributed by atoms with Crippen molar-refractivity contribution >= 4 is 0 Å². The van der Waals surface area contributed by atoms with Crippen LogP contribution in [0.1, 0.15) is 39.5 Å². The van der Waals surface area contributed by atoms with Gasteiger partial charge in [-0.1, -0.05) is 13.8 Å². The van der Waals surface area contributed by atoms with Crippen LogP contribution in [-0.2, 0) is 0 Å². The van der Waals surface area contributed by atoms with Gasteiger partial charge in [0.15, 0.2) is 0 Å². The zero-order chi connectivity index (χ0) is 14.0. The van der Waals surface area contributed by atoms with Gasteiger partial charge >= 0.3 is 0 Å². The Morgan fingerprint density at radius 2 is 2.00 bits per heavy atom. The van der Waals surface area contributed by atoms with Gasteiger partial charge in [-0.3, -0.25) is 0 Å². The van der Waals surface area contributed by atoms with Gasteiger partial charge in [-0.25, -0.2) is 0 Å². The van der Waals surface area contributed by atoms with E-state index in [4.69, 9.17) is 0 Å². The molecule has 3 nitrogen and oxygen atoms in total. The van der Waals surface area contributed by atoms with E-state index < -0.39 is 0 Å². The number of nitrogens with one attached hydrogen (secondary N) is 1. The first-order chi connectivity index (χ1) is 8.94. The minimum absolute atomic E-state index is 0.468. The molecule has 0 aromatic carbocycles. The molecule has 112 valence electrons. The number of hydrogen-bond acceptors (Lipinski definition) is 3. The second-order valence-electron chi connectivity index (χ2n) is 7.57. The number of rotatable bonds is 4. The van der Waals surface area contributed by atoms with Crippen molar-refractivity contribution in [1.29, 1.82) is 0 Å². The highest BCUT2D eigenvalue weighted by Crippen LogP contribution is 2.41. The Morgan fingerprint density at radius 1 is 1.26 bits per heavy atom. The lowest BCUT2D eigenvalue weighted by molar-refractivity contribution is 0.109. The van der Waals surface area contributed by atoms with E-state index >= 15 is 0 Å². The Bertz CT molecular complexity index is 288. The molecule has 3 atom stereocenters. The van der Waals surface area contributed by atoms with Gasteiger partial charge < -0.3 is 15.1 Å². The molecule has 0 aromatic heterocycles. The van der Waals surface area contributed by atoms with Crippen molar-refractivity contribution in [3.05, 3.63) is 0 Å². The molecule has 2 aliphatic rings. The van der Waals surface area contributed by atoms with Crippen LogP contribution in [-0.4, -0.2) is 62.7 Å². The lowest BCUT2D eigenvalue weighted by atomic mass is 9.84. The SMILES string of the molecule is CNC1C(CN2CCCC(N(C)C)C2)CCC1(C)C. The highest BCUT2D eigenvalue weighted by atomic mass is 15.2. The van der Waals surface area contributed by atoms with Crippen molar-refractivity contribution in [1.82, 2.24) is 15.1 Å². The number of likely N-dealkylation sites (tertiary alicyclic amines) is 1. The van der Waals surface area contributed by atoms with Crippen LogP contribution in [0, 0.1) is 11.3 Å². The quantitative estimate of drug-likeness (QED) is 0.841.